The van der Waals surface area contributed by atoms with Crippen molar-refractivity contribution >= 4 is 27.4 Å². The number of halogens is 1. The summed E-state index contributed by atoms with van der Waals surface area (Å²) >= 11 is 5.79. The molecule has 0 aromatic heterocycles. The largest absolute Gasteiger partial charge is 0.478 e. The Morgan fingerprint density at radius 2 is 2.06 bits per heavy atom. The van der Waals surface area contributed by atoms with E-state index in [0.29, 0.717) is 0 Å². The number of sulfone groups is 1. The number of hydrogen-bond donors (Lipinski definition) is 2. The maximum atomic E-state index is 11.9. The van der Waals surface area contributed by atoms with Crippen LogP contribution in [0, 0.1) is 0 Å². The van der Waals surface area contributed by atoms with E-state index >= 15 is 0 Å². The van der Waals surface area contributed by atoms with Gasteiger partial charge in [0.1, 0.15) is 5.88 Å². The minimum Gasteiger partial charge on any atom is -0.478 e. The molecule has 98 valence electrons. The Labute approximate surface area is 110 Å². The molecule has 1 aromatic rings. The van der Waals surface area contributed by atoms with Crippen LogP contribution in [0.1, 0.15) is 0 Å². The van der Waals surface area contributed by atoms with Gasteiger partial charge < -0.3 is 5.11 Å². The summed E-state index contributed by atoms with van der Waals surface area (Å²) in [6.07, 6.45) is 2.26. The smallest absolute Gasteiger partial charge is 0.328 e. The van der Waals surface area contributed by atoms with Crippen LogP contribution >= 0.6 is 11.6 Å². The highest BCUT2D eigenvalue weighted by molar-refractivity contribution is 7.91. The third kappa shape index (κ3) is 4.48. The van der Waals surface area contributed by atoms with E-state index in [-0.39, 0.29) is 22.3 Å². The van der Waals surface area contributed by atoms with Crippen LogP contribution in [0.2, 0.25) is 5.02 Å². The van der Waals surface area contributed by atoms with E-state index in [0.717, 1.165) is 6.08 Å². The van der Waals surface area contributed by atoms with E-state index in [1.54, 1.807) is 12.1 Å². The molecule has 0 atom stereocenters. The third-order valence-electron chi connectivity index (χ3n) is 1.99. The van der Waals surface area contributed by atoms with Crippen LogP contribution < -0.4 is 5.32 Å². The number of benzene rings is 1. The van der Waals surface area contributed by atoms with Gasteiger partial charge in [-0.05, 0) is 12.1 Å². The van der Waals surface area contributed by atoms with Gasteiger partial charge in [0.25, 0.3) is 0 Å². The Morgan fingerprint density at radius 1 is 1.39 bits per heavy atom. The summed E-state index contributed by atoms with van der Waals surface area (Å²) in [7, 11) is -3.52. The summed E-state index contributed by atoms with van der Waals surface area (Å²) in [5.41, 5.74) is 0. The molecule has 1 rings (SSSR count). The van der Waals surface area contributed by atoms with Crippen LogP contribution in [0.4, 0.5) is 0 Å². The second kappa shape index (κ2) is 6.53. The maximum Gasteiger partial charge on any atom is 0.328 e. The number of carbonyl (C=O) groups is 1. The molecule has 0 spiro atoms. The number of rotatable bonds is 6. The molecule has 0 aliphatic rings. The lowest BCUT2D eigenvalue weighted by Gasteiger charge is -2.06. The van der Waals surface area contributed by atoms with Crippen LogP contribution in [0.25, 0.3) is 0 Å². The van der Waals surface area contributed by atoms with Crippen molar-refractivity contribution in [2.75, 3.05) is 12.4 Å². The average molecular weight is 290 g/mol. The lowest BCUT2D eigenvalue weighted by Crippen LogP contribution is -2.23. The summed E-state index contributed by atoms with van der Waals surface area (Å²) in [6, 6.07) is 6.15. The van der Waals surface area contributed by atoms with Crippen LogP contribution in [-0.2, 0) is 14.6 Å². The molecular formula is C11H12ClNO4S. The van der Waals surface area contributed by atoms with Crippen molar-refractivity contribution in [1.29, 1.82) is 0 Å². The first-order chi connectivity index (χ1) is 8.43. The fourth-order valence-electron chi connectivity index (χ4n) is 1.21. The van der Waals surface area contributed by atoms with Gasteiger partial charge in [0.15, 0.2) is 9.84 Å². The van der Waals surface area contributed by atoms with Crippen molar-refractivity contribution < 1.29 is 18.3 Å². The van der Waals surface area contributed by atoms with Gasteiger partial charge in [-0.2, -0.15) is 0 Å². The van der Waals surface area contributed by atoms with E-state index in [4.69, 9.17) is 16.7 Å². The van der Waals surface area contributed by atoms with E-state index in [1.165, 1.54) is 18.2 Å². The van der Waals surface area contributed by atoms with Crippen molar-refractivity contribution in [3.63, 3.8) is 0 Å². The summed E-state index contributed by atoms with van der Waals surface area (Å²) in [5.74, 6) is -1.38. The predicted octanol–water partition coefficient (Wildman–Crippen LogP) is 1.30. The number of carboxylic acids is 1. The topological polar surface area (TPSA) is 83.5 Å². The highest BCUT2D eigenvalue weighted by Crippen LogP contribution is 2.20. The molecule has 0 amide bonds. The zero-order valence-electron chi connectivity index (χ0n) is 9.34. The van der Waals surface area contributed by atoms with Gasteiger partial charge in [0.2, 0.25) is 0 Å². The number of carboxylic acid groups (broad SMARTS) is 1. The first kappa shape index (κ1) is 14.7. The van der Waals surface area contributed by atoms with E-state index < -0.39 is 15.8 Å². The van der Waals surface area contributed by atoms with Gasteiger partial charge in [0.05, 0.1) is 9.92 Å². The van der Waals surface area contributed by atoms with E-state index in [9.17, 15) is 13.2 Å². The van der Waals surface area contributed by atoms with Crippen LogP contribution in [-0.4, -0.2) is 31.9 Å². The van der Waals surface area contributed by atoms with Crippen molar-refractivity contribution in [3.05, 3.63) is 41.4 Å². The minimum atomic E-state index is -3.52. The predicted molar refractivity (Wildman–Crippen MR) is 68.3 cm³/mol. The highest BCUT2D eigenvalue weighted by Gasteiger charge is 2.16. The Bertz CT molecular complexity index is 554. The number of hydrogen-bond acceptors (Lipinski definition) is 4. The Hall–Kier alpha value is -1.37. The monoisotopic (exact) mass is 289 g/mol. The quantitative estimate of drug-likeness (QED) is 0.609. The molecule has 0 fully saturated rings. The molecule has 18 heavy (non-hydrogen) atoms. The van der Waals surface area contributed by atoms with Gasteiger partial charge >= 0.3 is 5.97 Å². The molecular weight excluding hydrogens is 278 g/mol. The van der Waals surface area contributed by atoms with Crippen molar-refractivity contribution in [2.24, 2.45) is 0 Å². The molecule has 0 bridgehead atoms. The zero-order chi connectivity index (χ0) is 13.6. The van der Waals surface area contributed by atoms with Crippen molar-refractivity contribution in [3.8, 4) is 0 Å². The second-order valence-corrected chi connectivity index (χ2v) is 5.75. The van der Waals surface area contributed by atoms with Crippen LogP contribution in [0.3, 0.4) is 0 Å². The molecule has 0 aliphatic carbocycles. The van der Waals surface area contributed by atoms with E-state index in [1.807, 2.05) is 0 Å². The maximum absolute atomic E-state index is 11.9. The summed E-state index contributed by atoms with van der Waals surface area (Å²) in [5, 5.41) is 11.1. The molecule has 0 unspecified atom stereocenters. The molecule has 0 saturated carbocycles. The summed E-state index contributed by atoms with van der Waals surface area (Å²) < 4.78 is 23.7. The van der Waals surface area contributed by atoms with Gasteiger partial charge in [-0.3, -0.25) is 5.32 Å². The molecule has 0 radical (unpaired) electrons. The van der Waals surface area contributed by atoms with Gasteiger partial charge in [0, 0.05) is 12.6 Å². The number of aliphatic carboxylic acids is 1. The summed E-state index contributed by atoms with van der Waals surface area (Å²) in [4.78, 5) is 10.2. The standard InChI is InChI=1S/C11H12ClNO4S/c12-9-4-1-2-5-10(9)18(16,17)8-13-7-3-6-11(14)15/h1-6,13H,7-8H2,(H,14,15). The van der Waals surface area contributed by atoms with Gasteiger partial charge in [-0.15, -0.1) is 0 Å². The van der Waals surface area contributed by atoms with Gasteiger partial charge in [-0.1, -0.05) is 29.8 Å². The molecule has 1 aromatic carbocycles. The fourth-order valence-corrected chi connectivity index (χ4v) is 2.89. The molecule has 0 heterocycles. The first-order valence-corrected chi connectivity index (χ1v) is 7.04. The first-order valence-electron chi connectivity index (χ1n) is 5.01. The van der Waals surface area contributed by atoms with Crippen LogP contribution in [0.5, 0.6) is 0 Å². The number of nitrogens with one attached hydrogen (secondary N) is 1. The van der Waals surface area contributed by atoms with Crippen molar-refractivity contribution in [1.82, 2.24) is 5.32 Å². The average Bonchev–Trinajstić information content (AvgIpc) is 2.28. The normalized spacial score (nSPS) is 11.8. The summed E-state index contributed by atoms with van der Waals surface area (Å²) in [6.45, 7) is 0.149. The lowest BCUT2D eigenvalue weighted by molar-refractivity contribution is -0.131. The highest BCUT2D eigenvalue weighted by atomic mass is 35.5. The Balaban J connectivity index is 2.62. The fraction of sp³-hybridized carbons (Fsp3) is 0.182. The molecule has 7 heteroatoms. The molecule has 5 nitrogen and oxygen atoms in total. The Kier molecular flexibility index (Phi) is 5.33. The zero-order valence-corrected chi connectivity index (χ0v) is 10.9. The minimum absolute atomic E-state index is 0.0568. The molecule has 0 saturated heterocycles. The Morgan fingerprint density at radius 3 is 2.67 bits per heavy atom. The lowest BCUT2D eigenvalue weighted by atomic mass is 10.4. The molecule has 0 aliphatic heterocycles. The second-order valence-electron chi connectivity index (χ2n) is 3.38. The van der Waals surface area contributed by atoms with Crippen LogP contribution in [0.15, 0.2) is 41.3 Å². The van der Waals surface area contributed by atoms with E-state index in [2.05, 4.69) is 5.32 Å². The third-order valence-corrected chi connectivity index (χ3v) is 4.04. The van der Waals surface area contributed by atoms with Gasteiger partial charge in [-0.25, -0.2) is 13.2 Å². The SMILES string of the molecule is O=C(O)C=CCNCS(=O)(=O)c1ccccc1Cl. The van der Waals surface area contributed by atoms with Crippen molar-refractivity contribution in [2.45, 2.75) is 4.90 Å². The molecule has 2 N–H and O–H groups in total.